The van der Waals surface area contributed by atoms with Gasteiger partial charge in [0.1, 0.15) is 0 Å². The first kappa shape index (κ1) is 11.5. The third-order valence-electron chi connectivity index (χ3n) is 3.46. The highest BCUT2D eigenvalue weighted by Gasteiger charge is 2.44. The maximum atomic E-state index is 4.50. The van der Waals surface area contributed by atoms with E-state index < -0.39 is 0 Å². The summed E-state index contributed by atoms with van der Waals surface area (Å²) in [6.45, 7) is 0. The van der Waals surface area contributed by atoms with Crippen molar-refractivity contribution in [1.29, 1.82) is 0 Å². The van der Waals surface area contributed by atoms with Crippen molar-refractivity contribution in [2.75, 3.05) is 14.1 Å². The van der Waals surface area contributed by atoms with E-state index in [1.807, 2.05) is 0 Å². The van der Waals surface area contributed by atoms with Crippen LogP contribution in [-0.2, 0) is 0 Å². The molecule has 0 saturated heterocycles. The van der Waals surface area contributed by atoms with Crippen LogP contribution in [0.4, 0.5) is 0 Å². The van der Waals surface area contributed by atoms with Gasteiger partial charge in [-0.25, -0.2) is 0 Å². The van der Waals surface area contributed by atoms with Crippen LogP contribution in [0.5, 0.6) is 0 Å². The molecule has 2 nitrogen and oxygen atoms in total. The number of nitrogens with two attached hydrogens (primary N) is 2. The van der Waals surface area contributed by atoms with E-state index >= 15 is 0 Å². The summed E-state index contributed by atoms with van der Waals surface area (Å²) in [6.07, 6.45) is 12.5. The second kappa shape index (κ2) is 5.32. The van der Waals surface area contributed by atoms with Gasteiger partial charge < -0.3 is 11.5 Å². The van der Waals surface area contributed by atoms with Gasteiger partial charge in [0.15, 0.2) is 0 Å². The molecule has 1 fully saturated rings. The van der Waals surface area contributed by atoms with Crippen LogP contribution in [-0.4, -0.2) is 14.1 Å². The number of hydrogen-bond donors (Lipinski definition) is 2. The summed E-state index contributed by atoms with van der Waals surface area (Å²) in [7, 11) is 3.00. The normalized spacial score (nSPS) is 39.7. The van der Waals surface area contributed by atoms with Gasteiger partial charge >= 0.3 is 0 Å². The fourth-order valence-corrected chi connectivity index (χ4v) is 2.97. The Hall–Kier alpha value is -0.600. The Morgan fingerprint density at radius 2 is 1.57 bits per heavy atom. The molecular formula is C12H22N2. The highest BCUT2D eigenvalue weighted by molar-refractivity contribution is 5.21. The molecule has 4 N–H and O–H groups in total. The van der Waals surface area contributed by atoms with Crippen molar-refractivity contribution in [1.82, 2.24) is 0 Å². The van der Waals surface area contributed by atoms with Crippen molar-refractivity contribution >= 4 is 0 Å². The summed E-state index contributed by atoms with van der Waals surface area (Å²) < 4.78 is 0. The van der Waals surface area contributed by atoms with Gasteiger partial charge in [0.05, 0.1) is 0 Å². The number of rotatable bonds is 0. The van der Waals surface area contributed by atoms with Gasteiger partial charge in [0.2, 0.25) is 0 Å². The van der Waals surface area contributed by atoms with Crippen molar-refractivity contribution < 1.29 is 0 Å². The lowest BCUT2D eigenvalue weighted by Gasteiger charge is -2.18. The molecule has 14 heavy (non-hydrogen) atoms. The van der Waals surface area contributed by atoms with Crippen molar-refractivity contribution in [3.8, 4) is 0 Å². The topological polar surface area (TPSA) is 52.0 Å². The van der Waals surface area contributed by atoms with E-state index in [9.17, 15) is 0 Å². The van der Waals surface area contributed by atoms with Crippen molar-refractivity contribution in [2.45, 2.75) is 12.8 Å². The highest BCUT2D eigenvalue weighted by atomic mass is 14.5. The van der Waals surface area contributed by atoms with E-state index in [-0.39, 0.29) is 0 Å². The lowest BCUT2D eigenvalue weighted by atomic mass is 9.86. The second-order valence-corrected chi connectivity index (χ2v) is 3.85. The van der Waals surface area contributed by atoms with Gasteiger partial charge in [-0.1, -0.05) is 24.3 Å². The third kappa shape index (κ3) is 1.77. The summed E-state index contributed by atoms with van der Waals surface area (Å²) in [6, 6.07) is 0. The molecule has 0 aromatic carbocycles. The van der Waals surface area contributed by atoms with Crippen molar-refractivity contribution in [2.24, 2.45) is 35.1 Å². The fourth-order valence-electron chi connectivity index (χ4n) is 2.97. The van der Waals surface area contributed by atoms with Gasteiger partial charge in [-0.05, 0) is 50.6 Å². The van der Waals surface area contributed by atoms with Gasteiger partial charge in [-0.15, -0.1) is 0 Å². The van der Waals surface area contributed by atoms with E-state index in [1.165, 1.54) is 26.9 Å². The summed E-state index contributed by atoms with van der Waals surface area (Å²) in [4.78, 5) is 0. The van der Waals surface area contributed by atoms with Crippen LogP contribution in [0.1, 0.15) is 12.8 Å². The zero-order chi connectivity index (χ0) is 10.6. The van der Waals surface area contributed by atoms with Crippen LogP contribution in [0.2, 0.25) is 0 Å². The predicted octanol–water partition coefficient (Wildman–Crippen LogP) is 1.53. The third-order valence-corrected chi connectivity index (χ3v) is 3.46. The summed E-state index contributed by atoms with van der Waals surface area (Å²) in [5, 5.41) is 0. The van der Waals surface area contributed by atoms with E-state index in [0.717, 1.165) is 23.7 Å². The fraction of sp³-hybridized carbons (Fsp3) is 0.667. The summed E-state index contributed by atoms with van der Waals surface area (Å²) >= 11 is 0. The Balaban J connectivity index is 0.000000222. The van der Waals surface area contributed by atoms with Crippen LogP contribution >= 0.6 is 0 Å². The number of allylic oxidation sites excluding steroid dienone is 4. The molecule has 3 aliphatic carbocycles. The molecule has 2 heteroatoms. The quantitative estimate of drug-likeness (QED) is 0.575. The van der Waals surface area contributed by atoms with Gasteiger partial charge in [0.25, 0.3) is 0 Å². The zero-order valence-corrected chi connectivity index (χ0v) is 9.19. The average molecular weight is 194 g/mol. The Labute approximate surface area is 87.0 Å². The first-order valence-electron chi connectivity index (χ1n) is 5.45. The van der Waals surface area contributed by atoms with Crippen LogP contribution in [0.3, 0.4) is 0 Å². The number of fused-ring (bicyclic) bond motifs is 5. The molecule has 0 aliphatic heterocycles. The van der Waals surface area contributed by atoms with Crippen molar-refractivity contribution in [3.05, 3.63) is 24.3 Å². The van der Waals surface area contributed by atoms with E-state index in [1.54, 1.807) is 0 Å². The van der Waals surface area contributed by atoms with E-state index in [0.29, 0.717) is 0 Å². The molecule has 3 aliphatic rings. The van der Waals surface area contributed by atoms with Gasteiger partial charge in [-0.2, -0.15) is 0 Å². The first-order valence-corrected chi connectivity index (χ1v) is 5.45. The molecule has 0 radical (unpaired) electrons. The Morgan fingerprint density at radius 1 is 0.929 bits per heavy atom. The van der Waals surface area contributed by atoms with Crippen LogP contribution in [0.15, 0.2) is 24.3 Å². The molecule has 2 bridgehead atoms. The minimum atomic E-state index is 0.925. The van der Waals surface area contributed by atoms with Crippen LogP contribution < -0.4 is 11.5 Å². The maximum Gasteiger partial charge on any atom is -0.0133 e. The molecular weight excluding hydrogens is 172 g/mol. The first-order chi connectivity index (χ1) is 6.95. The van der Waals surface area contributed by atoms with Gasteiger partial charge in [-0.3, -0.25) is 0 Å². The van der Waals surface area contributed by atoms with E-state index in [2.05, 4.69) is 35.8 Å². The minimum absolute atomic E-state index is 0.925. The Bertz CT molecular complexity index is 220. The summed E-state index contributed by atoms with van der Waals surface area (Å²) in [5.41, 5.74) is 9.00. The maximum absolute atomic E-state index is 4.50. The molecule has 4 atom stereocenters. The monoisotopic (exact) mass is 194 g/mol. The molecule has 0 heterocycles. The average Bonchev–Trinajstić information content (AvgIpc) is 2.97. The van der Waals surface area contributed by atoms with Crippen LogP contribution in [0.25, 0.3) is 0 Å². The number of hydrogen-bond acceptors (Lipinski definition) is 2. The predicted molar refractivity (Wildman–Crippen MR) is 61.7 cm³/mol. The highest BCUT2D eigenvalue weighted by Crippen LogP contribution is 2.52. The van der Waals surface area contributed by atoms with Crippen LogP contribution in [0, 0.1) is 23.7 Å². The molecule has 0 aromatic rings. The van der Waals surface area contributed by atoms with Gasteiger partial charge in [0, 0.05) is 0 Å². The zero-order valence-electron chi connectivity index (χ0n) is 9.19. The molecule has 4 unspecified atom stereocenters. The lowest BCUT2D eigenvalue weighted by Crippen LogP contribution is -2.12. The SMILES string of the molecule is C1=CC2C3C=CC(C3)C2C1.CN.CN. The Kier molecular flexibility index (Phi) is 4.36. The molecule has 0 amide bonds. The minimum Gasteiger partial charge on any atom is -0.333 e. The molecule has 80 valence electrons. The molecule has 0 spiro atoms. The van der Waals surface area contributed by atoms with Crippen molar-refractivity contribution in [3.63, 3.8) is 0 Å². The molecule has 0 aromatic heterocycles. The summed E-state index contributed by atoms with van der Waals surface area (Å²) in [5.74, 6) is 3.82. The Morgan fingerprint density at radius 3 is 2.21 bits per heavy atom. The lowest BCUT2D eigenvalue weighted by molar-refractivity contribution is 0.398. The molecule has 3 rings (SSSR count). The standard InChI is InChI=1S/C10H12.2CH5N/c1-2-9-7-4-5-8(6-7)10(9)3-1;2*1-2/h1-2,4-5,7-10H,3,6H2;2*2H2,1H3. The molecule has 1 saturated carbocycles. The second-order valence-electron chi connectivity index (χ2n) is 3.85. The van der Waals surface area contributed by atoms with E-state index in [4.69, 9.17) is 0 Å². The smallest absolute Gasteiger partial charge is 0.0133 e. The largest absolute Gasteiger partial charge is 0.333 e.